The van der Waals surface area contributed by atoms with Crippen LogP contribution in [-0.2, 0) is 14.4 Å². The summed E-state index contributed by atoms with van der Waals surface area (Å²) in [5, 5.41) is 8.56. The highest BCUT2D eigenvalue weighted by Gasteiger charge is 2.28. The van der Waals surface area contributed by atoms with Crippen molar-refractivity contribution in [3.05, 3.63) is 24.3 Å². The lowest BCUT2D eigenvalue weighted by Gasteiger charge is -2.31. The number of hydrogen-bond donors (Lipinski definition) is 1. The highest BCUT2D eigenvalue weighted by molar-refractivity contribution is 6.04. The highest BCUT2D eigenvalue weighted by Crippen LogP contribution is 2.23. The van der Waals surface area contributed by atoms with Crippen molar-refractivity contribution in [2.45, 2.75) is 0 Å². The summed E-state index contributed by atoms with van der Waals surface area (Å²) < 4.78 is 5.05. The second-order valence-corrected chi connectivity index (χ2v) is 4.41. The van der Waals surface area contributed by atoms with Crippen molar-refractivity contribution in [3.63, 3.8) is 0 Å². The van der Waals surface area contributed by atoms with Crippen molar-refractivity contribution < 1.29 is 24.2 Å². The summed E-state index contributed by atoms with van der Waals surface area (Å²) in [5.74, 6) is -1.09. The van der Waals surface area contributed by atoms with Crippen LogP contribution in [0.5, 0.6) is 5.75 Å². The van der Waals surface area contributed by atoms with E-state index >= 15 is 0 Å². The lowest BCUT2D eigenvalue weighted by molar-refractivity contribution is -0.139. The van der Waals surface area contributed by atoms with E-state index in [1.54, 1.807) is 31.3 Å². The zero-order valence-corrected chi connectivity index (χ0v) is 10.9. The molecule has 1 aromatic rings. The fourth-order valence-electron chi connectivity index (χ4n) is 1.84. The monoisotopic (exact) mass is 278 g/mol. The molecule has 1 fully saturated rings. The van der Waals surface area contributed by atoms with Gasteiger partial charge in [-0.2, -0.15) is 0 Å². The maximum atomic E-state index is 11.9. The number of nitrogens with zero attached hydrogens (tertiary/aromatic N) is 2. The third-order valence-corrected chi connectivity index (χ3v) is 2.88. The minimum atomic E-state index is -1.08. The van der Waals surface area contributed by atoms with Crippen molar-refractivity contribution in [1.29, 1.82) is 0 Å². The SMILES string of the molecule is CN1CC(=O)N(c2cccc(OCC(=O)O)c2)CC1=O. The van der Waals surface area contributed by atoms with Crippen LogP contribution in [0.25, 0.3) is 0 Å². The maximum absolute atomic E-state index is 11.9. The molecule has 2 amide bonds. The molecule has 106 valence electrons. The first-order valence-electron chi connectivity index (χ1n) is 5.96. The molecule has 0 saturated carbocycles. The van der Waals surface area contributed by atoms with Gasteiger partial charge in [0.25, 0.3) is 0 Å². The summed E-state index contributed by atoms with van der Waals surface area (Å²) in [6, 6.07) is 6.45. The molecule has 0 aromatic heterocycles. The minimum Gasteiger partial charge on any atom is -0.482 e. The molecule has 1 aliphatic rings. The van der Waals surface area contributed by atoms with Gasteiger partial charge in [0.15, 0.2) is 6.61 Å². The smallest absolute Gasteiger partial charge is 0.341 e. The molecule has 0 atom stereocenters. The van der Waals surface area contributed by atoms with Crippen molar-refractivity contribution in [1.82, 2.24) is 4.90 Å². The standard InChI is InChI=1S/C13H14N2O5/c1-14-6-12(17)15(7-11(14)16)9-3-2-4-10(5-9)20-8-13(18)19/h2-5H,6-8H2,1H3,(H,18,19). The average Bonchev–Trinajstić information content (AvgIpc) is 2.41. The molecule has 1 aliphatic heterocycles. The van der Waals surface area contributed by atoms with E-state index in [2.05, 4.69) is 0 Å². The first kappa shape index (κ1) is 13.9. The van der Waals surface area contributed by atoms with Gasteiger partial charge in [-0.3, -0.25) is 9.59 Å². The lowest BCUT2D eigenvalue weighted by Crippen LogP contribution is -2.52. The van der Waals surface area contributed by atoms with Crippen molar-refractivity contribution in [2.24, 2.45) is 0 Å². The number of hydrogen-bond acceptors (Lipinski definition) is 4. The molecular weight excluding hydrogens is 264 g/mol. The zero-order valence-electron chi connectivity index (χ0n) is 10.9. The van der Waals surface area contributed by atoms with Gasteiger partial charge in [0, 0.05) is 18.8 Å². The van der Waals surface area contributed by atoms with E-state index < -0.39 is 12.6 Å². The maximum Gasteiger partial charge on any atom is 0.341 e. The predicted octanol–water partition coefficient (Wildman–Crippen LogP) is -0.0450. The topological polar surface area (TPSA) is 87.2 Å². The normalized spacial score (nSPS) is 15.4. The molecule has 1 saturated heterocycles. The van der Waals surface area contributed by atoms with Crippen molar-refractivity contribution >= 4 is 23.5 Å². The Morgan fingerprint density at radius 2 is 2.05 bits per heavy atom. The summed E-state index contributed by atoms with van der Waals surface area (Å²) in [7, 11) is 1.57. The average molecular weight is 278 g/mol. The van der Waals surface area contributed by atoms with Gasteiger partial charge in [-0.15, -0.1) is 0 Å². The Kier molecular flexibility index (Phi) is 3.88. The number of ether oxygens (including phenoxy) is 1. The number of anilines is 1. The predicted molar refractivity (Wildman–Crippen MR) is 69.6 cm³/mol. The second kappa shape index (κ2) is 5.60. The number of carbonyl (C=O) groups is 3. The summed E-state index contributed by atoms with van der Waals surface area (Å²) in [4.78, 5) is 36.7. The number of amides is 2. The van der Waals surface area contributed by atoms with Crippen LogP contribution in [-0.4, -0.2) is 54.5 Å². The Morgan fingerprint density at radius 3 is 2.75 bits per heavy atom. The summed E-state index contributed by atoms with van der Waals surface area (Å²) in [6.45, 7) is -0.462. The minimum absolute atomic E-state index is 0.0268. The van der Waals surface area contributed by atoms with Crippen LogP contribution in [0.1, 0.15) is 0 Å². The third-order valence-electron chi connectivity index (χ3n) is 2.88. The fraction of sp³-hybridized carbons (Fsp3) is 0.308. The molecule has 20 heavy (non-hydrogen) atoms. The van der Waals surface area contributed by atoms with E-state index in [0.717, 1.165) is 0 Å². The van der Waals surface area contributed by atoms with Crippen LogP contribution in [0.2, 0.25) is 0 Å². The molecule has 1 aromatic carbocycles. The van der Waals surface area contributed by atoms with Gasteiger partial charge in [-0.25, -0.2) is 4.79 Å². The van der Waals surface area contributed by atoms with Gasteiger partial charge in [0.05, 0.1) is 6.54 Å². The van der Waals surface area contributed by atoms with Crippen LogP contribution in [0.3, 0.4) is 0 Å². The summed E-state index contributed by atoms with van der Waals surface area (Å²) in [5.41, 5.74) is 0.513. The Labute approximate surface area is 115 Å². The van der Waals surface area contributed by atoms with Gasteiger partial charge < -0.3 is 19.6 Å². The van der Waals surface area contributed by atoms with E-state index in [4.69, 9.17) is 9.84 Å². The lowest BCUT2D eigenvalue weighted by atomic mass is 10.2. The quantitative estimate of drug-likeness (QED) is 0.834. The second-order valence-electron chi connectivity index (χ2n) is 4.41. The van der Waals surface area contributed by atoms with Crippen LogP contribution in [0.4, 0.5) is 5.69 Å². The van der Waals surface area contributed by atoms with Gasteiger partial charge in [0.1, 0.15) is 12.3 Å². The molecular formula is C13H14N2O5. The molecule has 7 nitrogen and oxygen atoms in total. The van der Waals surface area contributed by atoms with Gasteiger partial charge >= 0.3 is 5.97 Å². The van der Waals surface area contributed by atoms with Gasteiger partial charge in [-0.05, 0) is 12.1 Å². The van der Waals surface area contributed by atoms with Crippen molar-refractivity contribution in [2.75, 3.05) is 31.6 Å². The van der Waals surface area contributed by atoms with E-state index in [1.165, 1.54) is 9.80 Å². The molecule has 1 N–H and O–H groups in total. The van der Waals surface area contributed by atoms with E-state index in [-0.39, 0.29) is 24.9 Å². The Morgan fingerprint density at radius 1 is 1.30 bits per heavy atom. The number of benzene rings is 1. The zero-order chi connectivity index (χ0) is 14.7. The fourth-order valence-corrected chi connectivity index (χ4v) is 1.84. The Bertz CT molecular complexity index is 557. The summed E-state index contributed by atoms with van der Waals surface area (Å²) >= 11 is 0. The number of aliphatic carboxylic acids is 1. The number of carboxylic acids is 1. The number of carboxylic acid groups (broad SMARTS) is 1. The molecule has 2 rings (SSSR count). The van der Waals surface area contributed by atoms with Gasteiger partial charge in [-0.1, -0.05) is 6.07 Å². The molecule has 7 heteroatoms. The Hall–Kier alpha value is -2.57. The van der Waals surface area contributed by atoms with E-state index in [1.807, 2.05) is 0 Å². The number of piperazine rings is 1. The van der Waals surface area contributed by atoms with E-state index in [9.17, 15) is 14.4 Å². The molecule has 0 unspecified atom stereocenters. The van der Waals surface area contributed by atoms with Crippen LogP contribution in [0, 0.1) is 0 Å². The van der Waals surface area contributed by atoms with Crippen LogP contribution >= 0.6 is 0 Å². The number of carbonyl (C=O) groups excluding carboxylic acids is 2. The van der Waals surface area contributed by atoms with Crippen molar-refractivity contribution in [3.8, 4) is 5.75 Å². The third kappa shape index (κ3) is 3.05. The van der Waals surface area contributed by atoms with Gasteiger partial charge in [0.2, 0.25) is 11.8 Å². The molecule has 0 aliphatic carbocycles. The first-order chi connectivity index (χ1) is 9.47. The van der Waals surface area contributed by atoms with Crippen LogP contribution < -0.4 is 9.64 Å². The first-order valence-corrected chi connectivity index (χ1v) is 5.96. The largest absolute Gasteiger partial charge is 0.482 e. The molecule has 0 radical (unpaired) electrons. The van der Waals surface area contributed by atoms with E-state index in [0.29, 0.717) is 11.4 Å². The highest BCUT2D eigenvalue weighted by atomic mass is 16.5. The number of likely N-dealkylation sites (N-methyl/N-ethyl adjacent to an activating group) is 1. The molecule has 0 spiro atoms. The molecule has 0 bridgehead atoms. The van der Waals surface area contributed by atoms with Crippen LogP contribution in [0.15, 0.2) is 24.3 Å². The molecule has 1 heterocycles. The Balaban J connectivity index is 2.16. The number of rotatable bonds is 4. The summed E-state index contributed by atoms with van der Waals surface area (Å²) in [6.07, 6.45) is 0.